The topological polar surface area (TPSA) is 50.4 Å². The lowest BCUT2D eigenvalue weighted by Gasteiger charge is -2.11. The Hall–Kier alpha value is -1.39. The number of nitrogens with one attached hydrogen (secondary N) is 2. The molecule has 4 nitrogen and oxygen atoms in total. The summed E-state index contributed by atoms with van der Waals surface area (Å²) in [6, 6.07) is 7.60. The molecule has 1 fully saturated rings. The normalized spacial score (nSPS) is 18.5. The number of carbonyl (C=O) groups is 1. The van der Waals surface area contributed by atoms with Crippen molar-refractivity contribution >= 4 is 5.91 Å². The number of rotatable bonds is 6. The first-order valence-electron chi connectivity index (χ1n) is 6.93. The van der Waals surface area contributed by atoms with Crippen LogP contribution in [0.2, 0.25) is 0 Å². The fourth-order valence-corrected chi connectivity index (χ4v) is 2.14. The third-order valence-electron chi connectivity index (χ3n) is 3.30. The summed E-state index contributed by atoms with van der Waals surface area (Å²) < 4.78 is 5.51. The molecule has 0 radical (unpaired) electrons. The van der Waals surface area contributed by atoms with Gasteiger partial charge < -0.3 is 15.4 Å². The second-order valence-corrected chi connectivity index (χ2v) is 4.96. The van der Waals surface area contributed by atoms with Gasteiger partial charge in [0.2, 0.25) is 0 Å². The summed E-state index contributed by atoms with van der Waals surface area (Å²) in [4.78, 5) is 11.8. The molecule has 1 aromatic carbocycles. The molecule has 2 N–H and O–H groups in total. The maximum absolute atomic E-state index is 11.8. The number of hydrogen-bond acceptors (Lipinski definition) is 3. The summed E-state index contributed by atoms with van der Waals surface area (Å²) in [6.07, 6.45) is 2.66. The average Bonchev–Trinajstić information content (AvgIpc) is 2.92. The van der Waals surface area contributed by atoms with E-state index in [0.717, 1.165) is 38.1 Å². The zero-order valence-corrected chi connectivity index (χ0v) is 11.4. The van der Waals surface area contributed by atoms with Crippen molar-refractivity contribution in [1.29, 1.82) is 0 Å². The van der Waals surface area contributed by atoms with Crippen LogP contribution in [-0.4, -0.2) is 38.3 Å². The van der Waals surface area contributed by atoms with Crippen LogP contribution < -0.4 is 10.6 Å². The number of aryl methyl sites for hydroxylation is 1. The van der Waals surface area contributed by atoms with Crippen LogP contribution in [0.25, 0.3) is 0 Å². The number of ether oxygens (including phenoxy) is 1. The van der Waals surface area contributed by atoms with E-state index in [1.165, 1.54) is 0 Å². The maximum Gasteiger partial charge on any atom is 0.251 e. The summed E-state index contributed by atoms with van der Waals surface area (Å²) in [5.74, 6) is -0.0149. The van der Waals surface area contributed by atoms with Gasteiger partial charge in [-0.25, -0.2) is 0 Å². The van der Waals surface area contributed by atoms with Crippen LogP contribution in [-0.2, 0) is 4.74 Å². The van der Waals surface area contributed by atoms with E-state index >= 15 is 0 Å². The van der Waals surface area contributed by atoms with Gasteiger partial charge in [-0.3, -0.25) is 4.79 Å². The van der Waals surface area contributed by atoms with Gasteiger partial charge >= 0.3 is 0 Å². The second kappa shape index (κ2) is 7.26. The number of benzene rings is 1. The van der Waals surface area contributed by atoms with Crippen LogP contribution in [0.15, 0.2) is 24.3 Å². The van der Waals surface area contributed by atoms with Gasteiger partial charge in [0, 0.05) is 31.8 Å². The molecule has 1 aliphatic rings. The van der Waals surface area contributed by atoms with Crippen LogP contribution in [0.5, 0.6) is 0 Å². The molecule has 1 heterocycles. The SMILES string of the molecule is Cc1ccc(C(=O)NCCNCC2CCCO2)cc1. The average molecular weight is 262 g/mol. The van der Waals surface area contributed by atoms with E-state index in [0.29, 0.717) is 18.2 Å². The molecule has 0 aromatic heterocycles. The van der Waals surface area contributed by atoms with Crippen molar-refractivity contribution in [1.82, 2.24) is 10.6 Å². The monoisotopic (exact) mass is 262 g/mol. The summed E-state index contributed by atoms with van der Waals surface area (Å²) in [6.45, 7) is 5.19. The maximum atomic E-state index is 11.8. The molecule has 0 aliphatic carbocycles. The zero-order chi connectivity index (χ0) is 13.5. The Morgan fingerprint density at radius 1 is 1.32 bits per heavy atom. The van der Waals surface area contributed by atoms with E-state index in [4.69, 9.17) is 4.74 Å². The van der Waals surface area contributed by atoms with E-state index in [2.05, 4.69) is 10.6 Å². The first kappa shape index (κ1) is 14.0. The molecule has 1 amide bonds. The van der Waals surface area contributed by atoms with E-state index in [9.17, 15) is 4.79 Å². The van der Waals surface area contributed by atoms with Crippen molar-refractivity contribution in [2.75, 3.05) is 26.2 Å². The lowest BCUT2D eigenvalue weighted by atomic mass is 10.1. The van der Waals surface area contributed by atoms with E-state index in [1.54, 1.807) is 0 Å². The number of amides is 1. The van der Waals surface area contributed by atoms with E-state index in [-0.39, 0.29) is 5.91 Å². The van der Waals surface area contributed by atoms with Crippen LogP contribution in [0.4, 0.5) is 0 Å². The Balaban J connectivity index is 1.59. The van der Waals surface area contributed by atoms with Gasteiger partial charge in [-0.15, -0.1) is 0 Å². The van der Waals surface area contributed by atoms with E-state index < -0.39 is 0 Å². The molecule has 19 heavy (non-hydrogen) atoms. The smallest absolute Gasteiger partial charge is 0.251 e. The minimum atomic E-state index is -0.0149. The summed E-state index contributed by atoms with van der Waals surface area (Å²) in [5, 5.41) is 6.21. The molecule has 0 saturated carbocycles. The molecule has 1 aliphatic heterocycles. The van der Waals surface area contributed by atoms with Crippen molar-refractivity contribution in [3.63, 3.8) is 0 Å². The van der Waals surface area contributed by atoms with Crippen molar-refractivity contribution in [2.24, 2.45) is 0 Å². The molecule has 1 saturated heterocycles. The third-order valence-corrected chi connectivity index (χ3v) is 3.30. The fraction of sp³-hybridized carbons (Fsp3) is 0.533. The highest BCUT2D eigenvalue weighted by Crippen LogP contribution is 2.10. The molecule has 0 bridgehead atoms. The summed E-state index contributed by atoms with van der Waals surface area (Å²) in [7, 11) is 0. The van der Waals surface area contributed by atoms with Gasteiger partial charge in [0.15, 0.2) is 0 Å². The fourth-order valence-electron chi connectivity index (χ4n) is 2.14. The minimum absolute atomic E-state index is 0.0149. The van der Waals surface area contributed by atoms with Crippen LogP contribution >= 0.6 is 0 Å². The molecule has 1 unspecified atom stereocenters. The molecular weight excluding hydrogens is 240 g/mol. The minimum Gasteiger partial charge on any atom is -0.377 e. The summed E-state index contributed by atoms with van der Waals surface area (Å²) >= 11 is 0. The van der Waals surface area contributed by atoms with Crippen LogP contribution in [0.3, 0.4) is 0 Å². The quantitative estimate of drug-likeness (QED) is 0.764. The Bertz CT molecular complexity index is 397. The zero-order valence-electron chi connectivity index (χ0n) is 11.4. The standard InChI is InChI=1S/C15H22N2O2/c1-12-4-6-13(7-5-12)15(18)17-9-8-16-11-14-3-2-10-19-14/h4-7,14,16H,2-3,8-11H2,1H3,(H,17,18). The van der Waals surface area contributed by atoms with Gasteiger partial charge in [-0.1, -0.05) is 17.7 Å². The Labute approximate surface area is 114 Å². The van der Waals surface area contributed by atoms with Crippen molar-refractivity contribution in [3.05, 3.63) is 35.4 Å². The molecule has 1 aromatic rings. The number of carbonyl (C=O) groups excluding carboxylic acids is 1. The molecule has 4 heteroatoms. The van der Waals surface area contributed by atoms with Gasteiger partial charge in [-0.2, -0.15) is 0 Å². The highest BCUT2D eigenvalue weighted by Gasteiger charge is 2.14. The Kier molecular flexibility index (Phi) is 5.36. The van der Waals surface area contributed by atoms with Crippen molar-refractivity contribution in [2.45, 2.75) is 25.9 Å². The number of hydrogen-bond donors (Lipinski definition) is 2. The van der Waals surface area contributed by atoms with E-state index in [1.807, 2.05) is 31.2 Å². The third kappa shape index (κ3) is 4.65. The lowest BCUT2D eigenvalue weighted by molar-refractivity contribution is 0.0951. The molecule has 0 spiro atoms. The van der Waals surface area contributed by atoms with Gasteiger partial charge in [0.1, 0.15) is 0 Å². The van der Waals surface area contributed by atoms with Crippen molar-refractivity contribution in [3.8, 4) is 0 Å². The molecule has 2 rings (SSSR count). The Morgan fingerprint density at radius 3 is 2.79 bits per heavy atom. The summed E-state index contributed by atoms with van der Waals surface area (Å²) in [5.41, 5.74) is 1.87. The first-order valence-corrected chi connectivity index (χ1v) is 6.93. The van der Waals surface area contributed by atoms with Crippen molar-refractivity contribution < 1.29 is 9.53 Å². The van der Waals surface area contributed by atoms with Crippen LogP contribution in [0, 0.1) is 6.92 Å². The first-order chi connectivity index (χ1) is 9.25. The largest absolute Gasteiger partial charge is 0.377 e. The second-order valence-electron chi connectivity index (χ2n) is 4.96. The Morgan fingerprint density at radius 2 is 2.11 bits per heavy atom. The van der Waals surface area contributed by atoms with Crippen LogP contribution in [0.1, 0.15) is 28.8 Å². The molecule has 104 valence electrons. The highest BCUT2D eigenvalue weighted by atomic mass is 16.5. The van der Waals surface area contributed by atoms with Gasteiger partial charge in [0.25, 0.3) is 5.91 Å². The highest BCUT2D eigenvalue weighted by molar-refractivity contribution is 5.94. The van der Waals surface area contributed by atoms with Gasteiger partial charge in [0.05, 0.1) is 6.10 Å². The predicted octanol–water partition coefficient (Wildman–Crippen LogP) is 1.49. The molecular formula is C15H22N2O2. The van der Waals surface area contributed by atoms with Gasteiger partial charge in [-0.05, 0) is 31.9 Å². The molecule has 1 atom stereocenters. The predicted molar refractivity (Wildman–Crippen MR) is 75.4 cm³/mol. The lowest BCUT2D eigenvalue weighted by Crippen LogP contribution is -2.35.